The minimum absolute atomic E-state index is 0.161. The monoisotopic (exact) mass is 592 g/mol. The first-order chi connectivity index (χ1) is 21.5. The molecule has 1 amide bonds. The molecule has 0 aliphatic carbocycles. The third kappa shape index (κ3) is 6.00. The summed E-state index contributed by atoms with van der Waals surface area (Å²) in [6.07, 6.45) is 11.4. The molecule has 0 unspecified atom stereocenters. The summed E-state index contributed by atoms with van der Waals surface area (Å²) in [7, 11) is 1.88. The number of hydrogen-bond donors (Lipinski definition) is 0. The lowest BCUT2D eigenvalue weighted by atomic mass is 9.98. The van der Waals surface area contributed by atoms with Crippen LogP contribution in [0.2, 0.25) is 0 Å². The SMILES string of the molecule is CC(=O)N1CCN(Cc2ccc(-c3cnc(N4CCC[C@H](Cn5nnc6ncc(-c7cnn(C)c7)nc65)C4)nc3)cc2)CC1. The Morgan fingerprint density at radius 2 is 1.70 bits per heavy atom. The predicted molar refractivity (Wildman–Crippen MR) is 165 cm³/mol. The van der Waals surface area contributed by atoms with Crippen LogP contribution in [0.25, 0.3) is 33.7 Å². The Labute approximate surface area is 255 Å². The lowest BCUT2D eigenvalue weighted by molar-refractivity contribution is -0.130. The van der Waals surface area contributed by atoms with Gasteiger partial charge in [-0.1, -0.05) is 29.5 Å². The van der Waals surface area contributed by atoms with Crippen molar-refractivity contribution in [3.05, 3.63) is 60.8 Å². The van der Waals surface area contributed by atoms with E-state index in [0.29, 0.717) is 23.8 Å². The van der Waals surface area contributed by atoms with Gasteiger partial charge >= 0.3 is 0 Å². The van der Waals surface area contributed by atoms with Gasteiger partial charge in [-0.15, -0.1) is 5.10 Å². The molecule has 13 nitrogen and oxygen atoms in total. The van der Waals surface area contributed by atoms with E-state index in [9.17, 15) is 4.79 Å². The number of hydrogen-bond acceptors (Lipinski definition) is 10. The fourth-order valence-electron chi connectivity index (χ4n) is 6.13. The molecule has 1 atom stereocenters. The number of aromatic nitrogens is 9. The van der Waals surface area contributed by atoms with Gasteiger partial charge in [0.2, 0.25) is 17.5 Å². The van der Waals surface area contributed by atoms with Gasteiger partial charge in [0.05, 0.1) is 18.1 Å². The van der Waals surface area contributed by atoms with Gasteiger partial charge in [0.25, 0.3) is 0 Å². The highest BCUT2D eigenvalue weighted by Gasteiger charge is 2.24. The molecular formula is C31H36N12O. The minimum atomic E-state index is 0.161. The number of nitrogens with zero attached hydrogens (tertiary/aromatic N) is 12. The molecular weight excluding hydrogens is 556 g/mol. The number of carbonyl (C=O) groups excluding carboxylic acids is 1. The topological polar surface area (TPSA) is 127 Å². The number of piperazine rings is 1. The summed E-state index contributed by atoms with van der Waals surface area (Å²) in [6.45, 7) is 8.42. The molecule has 13 heteroatoms. The molecule has 2 aliphatic heterocycles. The van der Waals surface area contributed by atoms with Crippen LogP contribution in [0.15, 0.2) is 55.2 Å². The smallest absolute Gasteiger partial charge is 0.225 e. The Balaban J connectivity index is 0.973. The zero-order valence-electron chi connectivity index (χ0n) is 25.1. The number of fused-ring (bicyclic) bond motifs is 1. The number of benzene rings is 1. The van der Waals surface area contributed by atoms with Gasteiger partial charge in [0.1, 0.15) is 0 Å². The van der Waals surface area contributed by atoms with E-state index >= 15 is 0 Å². The summed E-state index contributed by atoms with van der Waals surface area (Å²) >= 11 is 0. The molecule has 6 heterocycles. The summed E-state index contributed by atoms with van der Waals surface area (Å²) in [5.41, 5.74) is 6.27. The number of rotatable bonds is 7. The van der Waals surface area contributed by atoms with Crippen molar-refractivity contribution in [1.82, 2.24) is 54.5 Å². The van der Waals surface area contributed by atoms with Crippen molar-refractivity contribution in [3.63, 3.8) is 0 Å². The summed E-state index contributed by atoms with van der Waals surface area (Å²) < 4.78 is 3.62. The lowest BCUT2D eigenvalue weighted by Crippen LogP contribution is -2.47. The average Bonchev–Trinajstić information content (AvgIpc) is 3.67. The van der Waals surface area contributed by atoms with Crippen molar-refractivity contribution in [2.24, 2.45) is 13.0 Å². The molecule has 4 aromatic heterocycles. The Kier molecular flexibility index (Phi) is 7.69. The van der Waals surface area contributed by atoms with Gasteiger partial charge in [-0.3, -0.25) is 14.4 Å². The molecule has 2 aliphatic rings. The molecule has 2 saturated heterocycles. The van der Waals surface area contributed by atoms with E-state index in [1.54, 1.807) is 24.0 Å². The lowest BCUT2D eigenvalue weighted by Gasteiger charge is -2.34. The van der Waals surface area contributed by atoms with Crippen LogP contribution in [-0.4, -0.2) is 99.7 Å². The van der Waals surface area contributed by atoms with Gasteiger partial charge < -0.3 is 9.80 Å². The Hall–Kier alpha value is -4.78. The highest BCUT2D eigenvalue weighted by atomic mass is 16.2. The maximum Gasteiger partial charge on any atom is 0.225 e. The molecule has 0 radical (unpaired) electrons. The highest BCUT2D eigenvalue weighted by Crippen LogP contribution is 2.25. The largest absolute Gasteiger partial charge is 0.340 e. The van der Waals surface area contributed by atoms with E-state index in [4.69, 9.17) is 15.0 Å². The summed E-state index contributed by atoms with van der Waals surface area (Å²) in [5.74, 6) is 1.27. The van der Waals surface area contributed by atoms with E-state index in [-0.39, 0.29) is 5.91 Å². The third-order valence-corrected chi connectivity index (χ3v) is 8.61. The normalized spacial score (nSPS) is 17.8. The standard InChI is InChI=1S/C31H36N12O/c1-22(44)41-12-10-40(11-13-41)18-23-5-7-25(8-6-23)26-14-33-31(34-15-26)42-9-3-4-24(19-42)20-43-30-29(37-38-43)32-17-28(36-30)27-16-35-39(2)21-27/h5-8,14-17,21,24H,3-4,9-13,18-20H2,1-2H3/t24-/m0/s1. The van der Waals surface area contributed by atoms with Crippen LogP contribution in [0.3, 0.4) is 0 Å². The second-order valence-electron chi connectivity index (χ2n) is 11.8. The molecule has 226 valence electrons. The number of carbonyl (C=O) groups is 1. The average molecular weight is 593 g/mol. The van der Waals surface area contributed by atoms with Crippen LogP contribution >= 0.6 is 0 Å². The van der Waals surface area contributed by atoms with E-state index in [2.05, 4.69) is 54.5 Å². The van der Waals surface area contributed by atoms with Crippen LogP contribution in [0.1, 0.15) is 25.3 Å². The van der Waals surface area contributed by atoms with Crippen LogP contribution in [-0.2, 0) is 24.9 Å². The molecule has 1 aromatic carbocycles. The van der Waals surface area contributed by atoms with E-state index in [1.807, 2.05) is 35.2 Å². The summed E-state index contributed by atoms with van der Waals surface area (Å²) in [5, 5.41) is 12.9. The van der Waals surface area contributed by atoms with Crippen LogP contribution in [0.4, 0.5) is 5.95 Å². The van der Waals surface area contributed by atoms with E-state index in [1.165, 1.54) is 5.56 Å². The first-order valence-corrected chi connectivity index (χ1v) is 15.2. The first-order valence-electron chi connectivity index (χ1n) is 15.2. The van der Waals surface area contributed by atoms with Crippen molar-refractivity contribution in [2.75, 3.05) is 44.2 Å². The number of amides is 1. The molecule has 2 fully saturated rings. The first kappa shape index (κ1) is 28.0. The molecule has 5 aromatic rings. The van der Waals surface area contributed by atoms with Gasteiger partial charge in [-0.25, -0.2) is 24.6 Å². The zero-order chi connectivity index (χ0) is 30.0. The third-order valence-electron chi connectivity index (χ3n) is 8.61. The predicted octanol–water partition coefficient (Wildman–Crippen LogP) is 2.66. The van der Waals surface area contributed by atoms with Gasteiger partial charge in [-0.05, 0) is 29.9 Å². The van der Waals surface area contributed by atoms with E-state index in [0.717, 1.165) is 87.0 Å². The molecule has 0 bridgehead atoms. The number of piperidine rings is 1. The number of aryl methyl sites for hydroxylation is 1. The second kappa shape index (κ2) is 12.1. The molecule has 0 saturated carbocycles. The van der Waals surface area contributed by atoms with Crippen molar-refractivity contribution >= 4 is 23.1 Å². The van der Waals surface area contributed by atoms with Crippen molar-refractivity contribution in [1.29, 1.82) is 0 Å². The fraction of sp³-hybridized carbons (Fsp3) is 0.419. The summed E-state index contributed by atoms with van der Waals surface area (Å²) in [6, 6.07) is 8.63. The quantitative estimate of drug-likeness (QED) is 0.278. The van der Waals surface area contributed by atoms with Gasteiger partial charge in [0.15, 0.2) is 5.65 Å². The molecule has 7 rings (SSSR count). The van der Waals surface area contributed by atoms with Crippen LogP contribution in [0.5, 0.6) is 0 Å². The van der Waals surface area contributed by atoms with Crippen LogP contribution < -0.4 is 4.90 Å². The van der Waals surface area contributed by atoms with Gasteiger partial charge in [-0.2, -0.15) is 5.10 Å². The minimum Gasteiger partial charge on any atom is -0.340 e. The van der Waals surface area contributed by atoms with Crippen molar-refractivity contribution in [2.45, 2.75) is 32.9 Å². The molecule has 0 spiro atoms. The van der Waals surface area contributed by atoms with Gasteiger partial charge in [0, 0.05) is 96.0 Å². The van der Waals surface area contributed by atoms with E-state index < -0.39 is 0 Å². The summed E-state index contributed by atoms with van der Waals surface area (Å²) in [4.78, 5) is 37.0. The Morgan fingerprint density at radius 1 is 0.909 bits per heavy atom. The van der Waals surface area contributed by atoms with Crippen molar-refractivity contribution in [3.8, 4) is 22.4 Å². The highest BCUT2D eigenvalue weighted by molar-refractivity contribution is 5.73. The second-order valence-corrected chi connectivity index (χ2v) is 11.8. The molecule has 0 N–H and O–H groups in total. The fourth-order valence-corrected chi connectivity index (χ4v) is 6.13. The van der Waals surface area contributed by atoms with Crippen LogP contribution in [0, 0.1) is 5.92 Å². The maximum atomic E-state index is 11.6. The Morgan fingerprint density at radius 3 is 2.43 bits per heavy atom. The molecule has 44 heavy (non-hydrogen) atoms. The Bertz CT molecular complexity index is 1740. The van der Waals surface area contributed by atoms with Crippen molar-refractivity contribution < 1.29 is 4.79 Å². The zero-order valence-corrected chi connectivity index (χ0v) is 25.1. The number of anilines is 1. The maximum absolute atomic E-state index is 11.6.